The highest BCUT2D eigenvalue weighted by atomic mass is 16.2. The summed E-state index contributed by atoms with van der Waals surface area (Å²) >= 11 is 0. The summed E-state index contributed by atoms with van der Waals surface area (Å²) in [4.78, 5) is 14.7. The van der Waals surface area contributed by atoms with Crippen LogP contribution >= 0.6 is 0 Å². The fraction of sp³-hybridized carbons (Fsp3) is 0.273. The lowest BCUT2D eigenvalue weighted by Crippen LogP contribution is -2.39. The molecule has 1 aromatic heterocycles. The van der Waals surface area contributed by atoms with E-state index in [2.05, 4.69) is 41.1 Å². The fourth-order valence-corrected chi connectivity index (χ4v) is 3.74. The van der Waals surface area contributed by atoms with Crippen molar-refractivity contribution in [3.05, 3.63) is 60.3 Å². The van der Waals surface area contributed by atoms with Gasteiger partial charge in [0.25, 0.3) is 5.91 Å². The Morgan fingerprint density at radius 2 is 2.00 bits per heavy atom. The summed E-state index contributed by atoms with van der Waals surface area (Å²) in [6, 6.07) is 18.6. The van der Waals surface area contributed by atoms with E-state index in [1.807, 2.05) is 36.2 Å². The van der Waals surface area contributed by atoms with Crippen LogP contribution < -0.4 is 0 Å². The number of hydrogen-bond donors (Lipinski definition) is 0. The van der Waals surface area contributed by atoms with E-state index in [0.717, 1.165) is 30.5 Å². The predicted molar refractivity (Wildman–Crippen MR) is 103 cm³/mol. The van der Waals surface area contributed by atoms with Gasteiger partial charge in [-0.05, 0) is 54.3 Å². The molecule has 1 atom stereocenters. The number of piperidine rings is 1. The van der Waals surface area contributed by atoms with Crippen molar-refractivity contribution in [2.24, 2.45) is 13.0 Å². The number of benzene rings is 2. The molecule has 130 valence electrons. The Morgan fingerprint density at radius 3 is 2.85 bits per heavy atom. The van der Waals surface area contributed by atoms with Crippen LogP contribution in [0.1, 0.15) is 23.2 Å². The molecule has 3 aromatic rings. The van der Waals surface area contributed by atoms with Crippen molar-refractivity contribution in [2.75, 3.05) is 13.1 Å². The predicted octanol–water partition coefficient (Wildman–Crippen LogP) is 4.22. The van der Waals surface area contributed by atoms with E-state index >= 15 is 0 Å². The number of aryl methyl sites for hydroxylation is 1. The largest absolute Gasteiger partial charge is 0.351 e. The summed E-state index contributed by atoms with van der Waals surface area (Å²) in [6.07, 6.45) is 3.84. The van der Waals surface area contributed by atoms with Gasteiger partial charge >= 0.3 is 0 Å². The minimum atomic E-state index is -0.0450. The molecule has 0 aliphatic carbocycles. The van der Waals surface area contributed by atoms with Gasteiger partial charge in [0, 0.05) is 42.8 Å². The number of aromatic nitrogens is 1. The quantitative estimate of drug-likeness (QED) is 0.699. The van der Waals surface area contributed by atoms with Gasteiger partial charge in [-0.25, -0.2) is 0 Å². The van der Waals surface area contributed by atoms with E-state index in [9.17, 15) is 4.79 Å². The lowest BCUT2D eigenvalue weighted by atomic mass is 9.98. The summed E-state index contributed by atoms with van der Waals surface area (Å²) in [5, 5.41) is 10.3. The van der Waals surface area contributed by atoms with E-state index in [0.29, 0.717) is 12.1 Å². The molecular formula is C22H21N3O. The number of carbonyl (C=O) groups is 1. The van der Waals surface area contributed by atoms with Gasteiger partial charge in [0.05, 0.1) is 12.0 Å². The number of carbonyl (C=O) groups excluding carboxylic acids is 1. The average Bonchev–Trinajstić information content (AvgIpc) is 3.08. The lowest BCUT2D eigenvalue weighted by Gasteiger charge is -2.29. The van der Waals surface area contributed by atoms with Crippen LogP contribution in [0, 0.1) is 17.2 Å². The molecule has 2 aromatic carbocycles. The van der Waals surface area contributed by atoms with Crippen LogP contribution in [0.3, 0.4) is 0 Å². The number of nitriles is 1. The van der Waals surface area contributed by atoms with Gasteiger partial charge in [0.2, 0.25) is 0 Å². The molecule has 26 heavy (non-hydrogen) atoms. The van der Waals surface area contributed by atoms with Crippen molar-refractivity contribution in [1.82, 2.24) is 9.47 Å². The maximum atomic E-state index is 12.9. The minimum absolute atomic E-state index is 0.0209. The van der Waals surface area contributed by atoms with Crippen LogP contribution in [0.5, 0.6) is 0 Å². The zero-order valence-electron chi connectivity index (χ0n) is 14.9. The van der Waals surface area contributed by atoms with Crippen molar-refractivity contribution in [3.63, 3.8) is 0 Å². The fourth-order valence-electron chi connectivity index (χ4n) is 3.74. The van der Waals surface area contributed by atoms with Crippen LogP contribution in [0.25, 0.3) is 22.0 Å². The number of likely N-dealkylation sites (tertiary alicyclic amines) is 1. The lowest BCUT2D eigenvalue weighted by molar-refractivity contribution is 0.0699. The molecule has 1 fully saturated rings. The highest BCUT2D eigenvalue weighted by molar-refractivity contribution is 5.96. The minimum Gasteiger partial charge on any atom is -0.351 e. The number of nitrogens with zero attached hydrogens (tertiary/aromatic N) is 3. The highest BCUT2D eigenvalue weighted by Gasteiger charge is 2.24. The molecule has 0 saturated carbocycles. The molecule has 2 heterocycles. The van der Waals surface area contributed by atoms with Crippen molar-refractivity contribution in [2.45, 2.75) is 12.8 Å². The van der Waals surface area contributed by atoms with E-state index in [1.54, 1.807) is 0 Å². The van der Waals surface area contributed by atoms with Crippen LogP contribution in [0.2, 0.25) is 0 Å². The summed E-state index contributed by atoms with van der Waals surface area (Å²) in [6.45, 7) is 1.27. The molecule has 0 N–H and O–H groups in total. The number of rotatable bonds is 2. The highest BCUT2D eigenvalue weighted by Crippen LogP contribution is 2.26. The van der Waals surface area contributed by atoms with Gasteiger partial charge in [-0.3, -0.25) is 4.79 Å². The van der Waals surface area contributed by atoms with Crippen molar-refractivity contribution < 1.29 is 4.79 Å². The standard InChI is InChI=1S/C22H21N3O/c1-24-11-9-19-12-18(7-8-21(19)24)17-5-2-6-20(13-17)22(26)25-10-3-4-16(14-23)15-25/h2,5-9,11-13,16H,3-4,10,15H2,1H3/t16-/m1/s1. The van der Waals surface area contributed by atoms with Gasteiger partial charge in [-0.15, -0.1) is 0 Å². The van der Waals surface area contributed by atoms with Gasteiger partial charge in [0.1, 0.15) is 0 Å². The maximum absolute atomic E-state index is 12.9. The van der Waals surface area contributed by atoms with Crippen LogP contribution in [-0.4, -0.2) is 28.5 Å². The molecule has 1 aliphatic rings. The molecule has 0 unspecified atom stereocenters. The Hall–Kier alpha value is -3.06. The zero-order chi connectivity index (χ0) is 18.1. The molecule has 1 saturated heterocycles. The number of hydrogen-bond acceptors (Lipinski definition) is 2. The Kier molecular flexibility index (Phi) is 4.22. The molecule has 4 rings (SSSR count). The monoisotopic (exact) mass is 343 g/mol. The summed E-state index contributed by atoms with van der Waals surface area (Å²) in [5.41, 5.74) is 4.02. The zero-order valence-corrected chi connectivity index (χ0v) is 14.9. The SMILES string of the molecule is Cn1ccc2cc(-c3cccc(C(=O)N4CCC[C@H](C#N)C4)c3)ccc21. The van der Waals surface area contributed by atoms with Crippen LogP contribution in [0.15, 0.2) is 54.7 Å². The van der Waals surface area contributed by atoms with Gasteiger partial charge in [-0.1, -0.05) is 18.2 Å². The Bertz CT molecular complexity index is 1010. The second-order valence-electron chi connectivity index (χ2n) is 7.00. The second kappa shape index (κ2) is 6.68. The van der Waals surface area contributed by atoms with Crippen molar-refractivity contribution in [3.8, 4) is 17.2 Å². The first-order valence-electron chi connectivity index (χ1n) is 9.00. The topological polar surface area (TPSA) is 49.0 Å². The molecule has 4 heteroatoms. The van der Waals surface area contributed by atoms with Gasteiger partial charge in [-0.2, -0.15) is 5.26 Å². The van der Waals surface area contributed by atoms with Gasteiger partial charge in [0.15, 0.2) is 0 Å². The summed E-state index contributed by atoms with van der Waals surface area (Å²) < 4.78 is 2.10. The maximum Gasteiger partial charge on any atom is 0.253 e. The molecular weight excluding hydrogens is 322 g/mol. The van der Waals surface area contributed by atoms with Crippen LogP contribution in [-0.2, 0) is 7.05 Å². The first-order chi connectivity index (χ1) is 12.7. The number of amides is 1. The van der Waals surface area contributed by atoms with E-state index < -0.39 is 0 Å². The van der Waals surface area contributed by atoms with Gasteiger partial charge < -0.3 is 9.47 Å². The number of fused-ring (bicyclic) bond motifs is 1. The Balaban J connectivity index is 1.63. The normalized spacial score (nSPS) is 17.2. The Labute approximate surface area is 153 Å². The molecule has 1 aliphatic heterocycles. The average molecular weight is 343 g/mol. The first kappa shape index (κ1) is 16.4. The van der Waals surface area contributed by atoms with E-state index in [1.165, 1.54) is 10.9 Å². The van der Waals surface area contributed by atoms with E-state index in [-0.39, 0.29) is 11.8 Å². The van der Waals surface area contributed by atoms with E-state index in [4.69, 9.17) is 5.26 Å². The molecule has 0 spiro atoms. The molecule has 0 bridgehead atoms. The molecule has 4 nitrogen and oxygen atoms in total. The summed E-state index contributed by atoms with van der Waals surface area (Å²) in [5.74, 6) is -0.0241. The third-order valence-electron chi connectivity index (χ3n) is 5.22. The Morgan fingerprint density at radius 1 is 1.15 bits per heavy atom. The summed E-state index contributed by atoms with van der Waals surface area (Å²) in [7, 11) is 2.04. The third kappa shape index (κ3) is 2.97. The van der Waals surface area contributed by atoms with Crippen molar-refractivity contribution >= 4 is 16.8 Å². The molecule has 1 amide bonds. The van der Waals surface area contributed by atoms with Crippen LogP contribution in [0.4, 0.5) is 0 Å². The second-order valence-corrected chi connectivity index (χ2v) is 7.00. The smallest absolute Gasteiger partial charge is 0.253 e. The third-order valence-corrected chi connectivity index (χ3v) is 5.22. The first-order valence-corrected chi connectivity index (χ1v) is 9.00. The molecule has 0 radical (unpaired) electrons. The van der Waals surface area contributed by atoms with Crippen molar-refractivity contribution in [1.29, 1.82) is 5.26 Å².